The van der Waals surface area contributed by atoms with Gasteiger partial charge < -0.3 is 9.80 Å². The Morgan fingerprint density at radius 2 is 1.38 bits per heavy atom. The Morgan fingerprint density at radius 3 is 1.92 bits per heavy atom. The fourth-order valence-electron chi connectivity index (χ4n) is 2.65. The van der Waals surface area contributed by atoms with E-state index in [1.165, 1.54) is 16.8 Å². The van der Waals surface area contributed by atoms with E-state index in [1.807, 2.05) is 26.0 Å². The SMILES string of the molecule is CCc1ccc(CCC(=O)N(C)Cc2ccc(N(C)C)cc2)cc1. The zero-order valence-corrected chi connectivity index (χ0v) is 15.2. The second-order valence-corrected chi connectivity index (χ2v) is 6.48. The summed E-state index contributed by atoms with van der Waals surface area (Å²) in [5.74, 6) is 0.186. The van der Waals surface area contributed by atoms with Crippen LogP contribution in [0.4, 0.5) is 5.69 Å². The predicted octanol–water partition coefficient (Wildman–Crippen LogP) is 3.91. The normalized spacial score (nSPS) is 10.5. The predicted molar refractivity (Wildman–Crippen MR) is 101 cm³/mol. The minimum absolute atomic E-state index is 0.186. The van der Waals surface area contributed by atoms with Gasteiger partial charge in [-0.3, -0.25) is 4.79 Å². The number of hydrogen-bond acceptors (Lipinski definition) is 2. The van der Waals surface area contributed by atoms with Crippen molar-refractivity contribution in [1.82, 2.24) is 4.90 Å². The number of amides is 1. The first-order chi connectivity index (χ1) is 11.5. The molecule has 0 fully saturated rings. The van der Waals surface area contributed by atoms with Crippen molar-refractivity contribution in [3.63, 3.8) is 0 Å². The minimum atomic E-state index is 0.186. The number of nitrogens with zero attached hydrogens (tertiary/aromatic N) is 2. The molecule has 0 spiro atoms. The maximum absolute atomic E-state index is 12.3. The minimum Gasteiger partial charge on any atom is -0.378 e. The van der Waals surface area contributed by atoms with Gasteiger partial charge in [0.15, 0.2) is 0 Å². The van der Waals surface area contributed by atoms with Crippen molar-refractivity contribution in [2.45, 2.75) is 32.7 Å². The van der Waals surface area contributed by atoms with Crippen molar-refractivity contribution in [3.8, 4) is 0 Å². The molecule has 128 valence electrons. The Labute approximate surface area is 145 Å². The fraction of sp³-hybridized carbons (Fsp3) is 0.381. The van der Waals surface area contributed by atoms with E-state index in [0.29, 0.717) is 13.0 Å². The van der Waals surface area contributed by atoms with Crippen LogP contribution in [0.15, 0.2) is 48.5 Å². The van der Waals surface area contributed by atoms with Crippen LogP contribution in [0, 0.1) is 0 Å². The Morgan fingerprint density at radius 1 is 0.833 bits per heavy atom. The number of aryl methyl sites for hydroxylation is 2. The summed E-state index contributed by atoms with van der Waals surface area (Å²) in [6.45, 7) is 2.81. The summed E-state index contributed by atoms with van der Waals surface area (Å²) in [4.78, 5) is 16.2. The third kappa shape index (κ3) is 5.12. The topological polar surface area (TPSA) is 23.6 Å². The second kappa shape index (κ2) is 8.53. The van der Waals surface area contributed by atoms with Crippen LogP contribution in [0.3, 0.4) is 0 Å². The van der Waals surface area contributed by atoms with Crippen LogP contribution < -0.4 is 4.90 Å². The van der Waals surface area contributed by atoms with E-state index in [9.17, 15) is 4.79 Å². The first-order valence-corrected chi connectivity index (χ1v) is 8.57. The van der Waals surface area contributed by atoms with Crippen LogP contribution in [-0.4, -0.2) is 32.0 Å². The summed E-state index contributed by atoms with van der Waals surface area (Å²) in [6.07, 6.45) is 2.40. The first kappa shape index (κ1) is 18.1. The second-order valence-electron chi connectivity index (χ2n) is 6.48. The molecule has 2 aromatic carbocycles. The Bertz CT molecular complexity index is 645. The lowest BCUT2D eigenvalue weighted by Gasteiger charge is -2.18. The average molecular weight is 324 g/mol. The lowest BCUT2D eigenvalue weighted by atomic mass is 10.1. The molecule has 0 saturated heterocycles. The van der Waals surface area contributed by atoms with Gasteiger partial charge in [-0.1, -0.05) is 43.3 Å². The summed E-state index contributed by atoms with van der Waals surface area (Å²) in [7, 11) is 5.93. The van der Waals surface area contributed by atoms with Crippen molar-refractivity contribution in [2.24, 2.45) is 0 Å². The van der Waals surface area contributed by atoms with Crippen LogP contribution in [0.1, 0.15) is 30.0 Å². The molecule has 2 aromatic rings. The molecule has 0 saturated carbocycles. The molecule has 24 heavy (non-hydrogen) atoms. The van der Waals surface area contributed by atoms with Gasteiger partial charge in [0.1, 0.15) is 0 Å². The molecule has 0 N–H and O–H groups in total. The molecular formula is C21H28N2O. The highest BCUT2D eigenvalue weighted by Gasteiger charge is 2.09. The molecule has 2 rings (SSSR count). The first-order valence-electron chi connectivity index (χ1n) is 8.57. The molecule has 0 unspecified atom stereocenters. The Balaban J connectivity index is 1.84. The smallest absolute Gasteiger partial charge is 0.222 e. The molecular weight excluding hydrogens is 296 g/mol. The quantitative estimate of drug-likeness (QED) is 0.771. The molecule has 3 nitrogen and oxygen atoms in total. The summed E-state index contributed by atoms with van der Waals surface area (Å²) in [6, 6.07) is 16.9. The molecule has 0 atom stereocenters. The number of rotatable bonds is 7. The van der Waals surface area contributed by atoms with Crippen LogP contribution >= 0.6 is 0 Å². The Kier molecular flexibility index (Phi) is 6.42. The highest BCUT2D eigenvalue weighted by molar-refractivity contribution is 5.76. The lowest BCUT2D eigenvalue weighted by molar-refractivity contribution is -0.130. The summed E-state index contributed by atoms with van der Waals surface area (Å²) in [5, 5.41) is 0. The van der Waals surface area contributed by atoms with E-state index in [-0.39, 0.29) is 5.91 Å². The maximum atomic E-state index is 12.3. The Hall–Kier alpha value is -2.29. The number of hydrogen-bond donors (Lipinski definition) is 0. The van der Waals surface area contributed by atoms with E-state index in [0.717, 1.165) is 18.4 Å². The van der Waals surface area contributed by atoms with Gasteiger partial charge in [-0.05, 0) is 41.7 Å². The van der Waals surface area contributed by atoms with Crippen molar-refractivity contribution in [2.75, 3.05) is 26.0 Å². The summed E-state index contributed by atoms with van der Waals surface area (Å²) in [5.41, 5.74) is 4.89. The standard InChI is InChI=1S/C21H28N2O/c1-5-17-6-8-18(9-7-17)12-15-21(24)23(4)16-19-10-13-20(14-11-19)22(2)3/h6-11,13-14H,5,12,15-16H2,1-4H3. The van der Waals surface area contributed by atoms with Crippen LogP contribution in [0.2, 0.25) is 0 Å². The number of carbonyl (C=O) groups is 1. The van der Waals surface area contributed by atoms with E-state index in [2.05, 4.69) is 60.4 Å². The van der Waals surface area contributed by atoms with Crippen LogP contribution in [0.25, 0.3) is 0 Å². The average Bonchev–Trinajstić information content (AvgIpc) is 2.60. The van der Waals surface area contributed by atoms with Gasteiger partial charge in [0.25, 0.3) is 0 Å². The number of anilines is 1. The van der Waals surface area contributed by atoms with Gasteiger partial charge in [-0.25, -0.2) is 0 Å². The largest absolute Gasteiger partial charge is 0.378 e. The molecule has 0 aliphatic heterocycles. The number of carbonyl (C=O) groups excluding carboxylic acids is 1. The van der Waals surface area contributed by atoms with Crippen LogP contribution in [0.5, 0.6) is 0 Å². The maximum Gasteiger partial charge on any atom is 0.222 e. The zero-order chi connectivity index (χ0) is 17.5. The van der Waals surface area contributed by atoms with Crippen molar-refractivity contribution in [3.05, 3.63) is 65.2 Å². The third-order valence-corrected chi connectivity index (χ3v) is 4.36. The third-order valence-electron chi connectivity index (χ3n) is 4.36. The summed E-state index contributed by atoms with van der Waals surface area (Å²) >= 11 is 0. The molecule has 3 heteroatoms. The van der Waals surface area contributed by atoms with Crippen molar-refractivity contribution >= 4 is 11.6 Å². The number of benzene rings is 2. The van der Waals surface area contributed by atoms with Gasteiger partial charge in [0, 0.05) is 39.8 Å². The van der Waals surface area contributed by atoms with E-state index < -0.39 is 0 Å². The highest BCUT2D eigenvalue weighted by atomic mass is 16.2. The molecule has 0 radical (unpaired) electrons. The molecule has 1 amide bonds. The monoisotopic (exact) mass is 324 g/mol. The zero-order valence-electron chi connectivity index (χ0n) is 15.2. The molecule has 0 aromatic heterocycles. The van der Waals surface area contributed by atoms with E-state index in [1.54, 1.807) is 0 Å². The molecule has 0 bridgehead atoms. The molecule has 0 heterocycles. The van der Waals surface area contributed by atoms with E-state index >= 15 is 0 Å². The highest BCUT2D eigenvalue weighted by Crippen LogP contribution is 2.14. The molecule has 0 aliphatic carbocycles. The van der Waals surface area contributed by atoms with E-state index in [4.69, 9.17) is 0 Å². The fourth-order valence-corrected chi connectivity index (χ4v) is 2.65. The lowest BCUT2D eigenvalue weighted by Crippen LogP contribution is -2.26. The van der Waals surface area contributed by atoms with Gasteiger partial charge in [0.05, 0.1) is 0 Å². The summed E-state index contributed by atoms with van der Waals surface area (Å²) < 4.78 is 0. The van der Waals surface area contributed by atoms with Gasteiger partial charge in [-0.2, -0.15) is 0 Å². The van der Waals surface area contributed by atoms with Gasteiger partial charge in [0.2, 0.25) is 5.91 Å². The van der Waals surface area contributed by atoms with Crippen molar-refractivity contribution in [1.29, 1.82) is 0 Å². The molecule has 0 aliphatic rings. The van der Waals surface area contributed by atoms with Crippen molar-refractivity contribution < 1.29 is 4.79 Å². The van der Waals surface area contributed by atoms with Crippen LogP contribution in [-0.2, 0) is 24.2 Å². The van der Waals surface area contributed by atoms with Gasteiger partial charge >= 0.3 is 0 Å². The van der Waals surface area contributed by atoms with Gasteiger partial charge in [-0.15, -0.1) is 0 Å².